The van der Waals surface area contributed by atoms with Gasteiger partial charge in [-0.15, -0.1) is 24.0 Å². The van der Waals surface area contributed by atoms with Gasteiger partial charge in [-0.25, -0.2) is 4.98 Å². The van der Waals surface area contributed by atoms with Gasteiger partial charge in [-0.05, 0) is 24.6 Å². The zero-order chi connectivity index (χ0) is 20.7. The van der Waals surface area contributed by atoms with E-state index in [2.05, 4.69) is 41.4 Å². The molecule has 9 heteroatoms. The average Bonchev–Trinajstić information content (AvgIpc) is 3.13. The second kappa shape index (κ2) is 11.5. The topological polar surface area (TPSA) is 80.9 Å². The Bertz CT molecular complexity index is 819. The fourth-order valence-corrected chi connectivity index (χ4v) is 2.75. The van der Waals surface area contributed by atoms with E-state index in [1.165, 1.54) is 0 Å². The highest BCUT2D eigenvalue weighted by Crippen LogP contribution is 2.36. The van der Waals surface area contributed by atoms with Crippen LogP contribution in [0.3, 0.4) is 0 Å². The fourth-order valence-electron chi connectivity index (χ4n) is 2.46. The van der Waals surface area contributed by atoms with Gasteiger partial charge >= 0.3 is 0 Å². The molecule has 29 heavy (non-hydrogen) atoms. The van der Waals surface area contributed by atoms with Crippen LogP contribution in [0.4, 0.5) is 0 Å². The van der Waals surface area contributed by atoms with Gasteiger partial charge in [0.1, 0.15) is 5.76 Å². The van der Waals surface area contributed by atoms with Crippen molar-refractivity contribution in [2.24, 2.45) is 4.99 Å². The lowest BCUT2D eigenvalue weighted by Crippen LogP contribution is -2.36. The fraction of sp³-hybridized carbons (Fsp3) is 0.500. The SMILES string of the molecule is CCOc1c(Cl)cc(CNC(=NC)NCc2ncc(C(C)(C)C)o2)cc1OC.I. The molecule has 2 aromatic rings. The summed E-state index contributed by atoms with van der Waals surface area (Å²) in [5.74, 6) is 3.24. The standard InChI is InChI=1S/C20H29ClN4O3.HI/c1-7-27-18-14(21)8-13(9-15(18)26-6)10-24-19(22-5)25-12-17-23-11-16(28-17)20(2,3)4;/h8-9,11H,7,10,12H2,1-6H3,(H2,22,24,25);1H. The van der Waals surface area contributed by atoms with E-state index in [0.29, 0.717) is 48.1 Å². The number of hydrogen-bond acceptors (Lipinski definition) is 5. The number of nitrogens with zero attached hydrogens (tertiary/aromatic N) is 2. The number of aromatic nitrogens is 1. The highest BCUT2D eigenvalue weighted by molar-refractivity contribution is 14.0. The number of guanidine groups is 1. The summed E-state index contributed by atoms with van der Waals surface area (Å²) in [7, 11) is 3.30. The summed E-state index contributed by atoms with van der Waals surface area (Å²) in [4.78, 5) is 8.53. The highest BCUT2D eigenvalue weighted by Gasteiger charge is 2.19. The largest absolute Gasteiger partial charge is 0.493 e. The van der Waals surface area contributed by atoms with Gasteiger partial charge in [-0.1, -0.05) is 32.4 Å². The Morgan fingerprint density at radius 1 is 1.24 bits per heavy atom. The van der Waals surface area contributed by atoms with Crippen LogP contribution in [0.2, 0.25) is 5.02 Å². The Morgan fingerprint density at radius 2 is 1.93 bits per heavy atom. The van der Waals surface area contributed by atoms with Crippen LogP contribution in [0.25, 0.3) is 0 Å². The monoisotopic (exact) mass is 536 g/mol. The maximum Gasteiger partial charge on any atom is 0.213 e. The molecule has 0 fully saturated rings. The highest BCUT2D eigenvalue weighted by atomic mass is 127. The molecule has 0 aliphatic rings. The van der Waals surface area contributed by atoms with E-state index in [4.69, 9.17) is 25.5 Å². The van der Waals surface area contributed by atoms with E-state index in [-0.39, 0.29) is 29.4 Å². The van der Waals surface area contributed by atoms with Gasteiger partial charge in [0.25, 0.3) is 0 Å². The van der Waals surface area contributed by atoms with Crippen molar-refractivity contribution in [2.45, 2.75) is 46.2 Å². The van der Waals surface area contributed by atoms with Crippen molar-refractivity contribution in [3.8, 4) is 11.5 Å². The Kier molecular flexibility index (Phi) is 10.0. The van der Waals surface area contributed by atoms with Gasteiger partial charge in [-0.3, -0.25) is 4.99 Å². The first kappa shape index (κ1) is 25.4. The second-order valence-electron chi connectivity index (χ2n) is 7.19. The van der Waals surface area contributed by atoms with Crippen LogP contribution in [-0.4, -0.2) is 31.7 Å². The quantitative estimate of drug-likeness (QED) is 0.308. The summed E-state index contributed by atoms with van der Waals surface area (Å²) in [6.07, 6.45) is 1.77. The number of halogens is 2. The lowest BCUT2D eigenvalue weighted by molar-refractivity contribution is 0.311. The molecule has 1 heterocycles. The van der Waals surface area contributed by atoms with Gasteiger partial charge in [0, 0.05) is 19.0 Å². The molecular weight excluding hydrogens is 507 g/mol. The normalized spacial score (nSPS) is 11.6. The molecule has 2 N–H and O–H groups in total. The number of ether oxygens (including phenoxy) is 2. The Labute approximate surface area is 194 Å². The van der Waals surface area contributed by atoms with Crippen LogP contribution in [-0.2, 0) is 18.5 Å². The van der Waals surface area contributed by atoms with Crippen molar-refractivity contribution in [2.75, 3.05) is 20.8 Å². The van der Waals surface area contributed by atoms with Crippen molar-refractivity contribution >= 4 is 41.5 Å². The minimum absolute atomic E-state index is 0. The van der Waals surface area contributed by atoms with Crippen LogP contribution >= 0.6 is 35.6 Å². The maximum absolute atomic E-state index is 6.32. The Balaban J connectivity index is 0.00000420. The molecule has 0 saturated heterocycles. The van der Waals surface area contributed by atoms with E-state index in [1.54, 1.807) is 20.4 Å². The van der Waals surface area contributed by atoms with Gasteiger partial charge in [0.2, 0.25) is 5.89 Å². The van der Waals surface area contributed by atoms with Crippen molar-refractivity contribution in [3.05, 3.63) is 40.6 Å². The maximum atomic E-state index is 6.32. The van der Waals surface area contributed by atoms with Crippen LogP contribution in [0.15, 0.2) is 27.7 Å². The van der Waals surface area contributed by atoms with Crippen molar-refractivity contribution in [1.29, 1.82) is 0 Å². The van der Waals surface area contributed by atoms with Crippen molar-refractivity contribution in [3.63, 3.8) is 0 Å². The summed E-state index contributed by atoms with van der Waals surface area (Å²) < 4.78 is 16.7. The smallest absolute Gasteiger partial charge is 0.213 e. The van der Waals surface area contributed by atoms with Crippen molar-refractivity contribution in [1.82, 2.24) is 15.6 Å². The van der Waals surface area contributed by atoms with Crippen LogP contribution in [0.1, 0.15) is 44.9 Å². The summed E-state index contributed by atoms with van der Waals surface area (Å²) in [6, 6.07) is 3.74. The molecular formula is C20H30ClIN4O3. The lowest BCUT2D eigenvalue weighted by atomic mass is 9.94. The number of methoxy groups -OCH3 is 1. The molecule has 0 radical (unpaired) electrons. The minimum Gasteiger partial charge on any atom is -0.493 e. The molecule has 7 nitrogen and oxygen atoms in total. The molecule has 1 aromatic heterocycles. The zero-order valence-electron chi connectivity index (χ0n) is 17.8. The Hall–Kier alpha value is -1.68. The van der Waals surface area contributed by atoms with Crippen LogP contribution < -0.4 is 20.1 Å². The molecule has 1 aromatic carbocycles. The molecule has 0 amide bonds. The van der Waals surface area contributed by atoms with Crippen molar-refractivity contribution < 1.29 is 13.9 Å². The summed E-state index contributed by atoms with van der Waals surface area (Å²) >= 11 is 6.32. The van der Waals surface area contributed by atoms with Gasteiger partial charge in [0.05, 0.1) is 31.5 Å². The van der Waals surface area contributed by atoms with Gasteiger partial charge in [-0.2, -0.15) is 0 Å². The third-order valence-corrected chi connectivity index (χ3v) is 4.24. The van der Waals surface area contributed by atoms with E-state index in [1.807, 2.05) is 19.1 Å². The first-order chi connectivity index (χ1) is 13.3. The number of rotatable bonds is 7. The van der Waals surface area contributed by atoms with E-state index >= 15 is 0 Å². The Morgan fingerprint density at radius 3 is 2.48 bits per heavy atom. The minimum atomic E-state index is -0.0723. The molecule has 0 aliphatic heterocycles. The van der Waals surface area contributed by atoms with Crippen LogP contribution in [0, 0.1) is 0 Å². The third kappa shape index (κ3) is 7.26. The lowest BCUT2D eigenvalue weighted by Gasteiger charge is -2.15. The van der Waals surface area contributed by atoms with E-state index in [9.17, 15) is 0 Å². The zero-order valence-corrected chi connectivity index (χ0v) is 20.8. The molecule has 0 saturated carbocycles. The average molecular weight is 537 g/mol. The predicted molar refractivity (Wildman–Crippen MR) is 127 cm³/mol. The first-order valence-corrected chi connectivity index (χ1v) is 9.55. The summed E-state index contributed by atoms with van der Waals surface area (Å²) in [5, 5.41) is 6.94. The molecule has 0 aliphatic carbocycles. The third-order valence-electron chi connectivity index (χ3n) is 3.96. The molecule has 0 bridgehead atoms. The molecule has 0 unspecified atom stereocenters. The predicted octanol–water partition coefficient (Wildman–Crippen LogP) is 4.52. The number of nitrogens with one attached hydrogen (secondary N) is 2. The number of benzene rings is 1. The number of oxazole rings is 1. The number of hydrogen-bond donors (Lipinski definition) is 2. The van der Waals surface area contributed by atoms with Gasteiger partial charge < -0.3 is 24.5 Å². The van der Waals surface area contributed by atoms with E-state index < -0.39 is 0 Å². The summed E-state index contributed by atoms with van der Waals surface area (Å²) in [5.41, 5.74) is 0.872. The molecule has 0 atom stereocenters. The van der Waals surface area contributed by atoms with Crippen LogP contribution in [0.5, 0.6) is 11.5 Å². The second-order valence-corrected chi connectivity index (χ2v) is 7.60. The molecule has 2 rings (SSSR count). The van der Waals surface area contributed by atoms with E-state index in [0.717, 1.165) is 11.3 Å². The number of aliphatic imine (C=N–C) groups is 1. The first-order valence-electron chi connectivity index (χ1n) is 9.17. The summed E-state index contributed by atoms with van der Waals surface area (Å²) in [6.45, 7) is 9.62. The molecule has 0 spiro atoms. The molecule has 162 valence electrons. The van der Waals surface area contributed by atoms with Gasteiger partial charge in [0.15, 0.2) is 17.5 Å².